The van der Waals surface area contributed by atoms with Gasteiger partial charge in [-0.25, -0.2) is 0 Å². The summed E-state index contributed by atoms with van der Waals surface area (Å²) in [4.78, 5) is 0. The molecule has 18 heavy (non-hydrogen) atoms. The van der Waals surface area contributed by atoms with Gasteiger partial charge in [-0.2, -0.15) is 0 Å². The number of hydrogen-bond donors (Lipinski definition) is 1. The first kappa shape index (κ1) is 13.4. The van der Waals surface area contributed by atoms with Crippen molar-refractivity contribution in [1.29, 1.82) is 0 Å². The molecule has 1 unspecified atom stereocenters. The molecule has 2 N–H and O–H groups in total. The highest BCUT2D eigenvalue weighted by molar-refractivity contribution is 5.37. The van der Waals surface area contributed by atoms with Gasteiger partial charge in [0.15, 0.2) is 0 Å². The summed E-state index contributed by atoms with van der Waals surface area (Å²) >= 11 is 0. The van der Waals surface area contributed by atoms with Crippen LogP contribution in [0.3, 0.4) is 0 Å². The Morgan fingerprint density at radius 3 is 2.61 bits per heavy atom. The minimum absolute atomic E-state index is 0.466. The first-order valence-electron chi connectivity index (χ1n) is 7.28. The molecule has 100 valence electrons. The van der Waals surface area contributed by atoms with Crippen LogP contribution < -0.4 is 10.5 Å². The summed E-state index contributed by atoms with van der Waals surface area (Å²) in [6, 6.07) is 8.41. The summed E-state index contributed by atoms with van der Waals surface area (Å²) in [5.41, 5.74) is 7.36. The first-order chi connectivity index (χ1) is 8.86. The highest BCUT2D eigenvalue weighted by atomic mass is 16.5. The lowest BCUT2D eigenvalue weighted by atomic mass is 9.76. The molecule has 0 heterocycles. The third-order valence-electron chi connectivity index (χ3n) is 4.09. The zero-order valence-corrected chi connectivity index (χ0v) is 11.4. The van der Waals surface area contributed by atoms with Crippen molar-refractivity contribution >= 4 is 0 Å². The summed E-state index contributed by atoms with van der Waals surface area (Å²) in [5.74, 6) is 2.24. The number of para-hydroxylation sites is 1. The van der Waals surface area contributed by atoms with Gasteiger partial charge >= 0.3 is 0 Å². The molecule has 0 aliphatic heterocycles. The van der Waals surface area contributed by atoms with Gasteiger partial charge in [0.1, 0.15) is 5.75 Å². The fraction of sp³-hybridized carbons (Fsp3) is 0.625. The number of benzene rings is 1. The predicted octanol–water partition coefficient (Wildman–Crippen LogP) is 3.71. The minimum Gasteiger partial charge on any atom is -0.494 e. The van der Waals surface area contributed by atoms with Crippen LogP contribution in [-0.2, 0) is 0 Å². The molecule has 2 rings (SSSR count). The maximum atomic E-state index is 6.05. The Balaban J connectivity index is 2.20. The SMILES string of the molecule is CCOc1ccccc1C(CN)C1CCCCC1. The van der Waals surface area contributed by atoms with E-state index in [1.807, 2.05) is 13.0 Å². The largest absolute Gasteiger partial charge is 0.494 e. The number of nitrogens with two attached hydrogens (primary N) is 1. The van der Waals surface area contributed by atoms with Gasteiger partial charge in [-0.05, 0) is 43.9 Å². The molecule has 0 spiro atoms. The third kappa shape index (κ3) is 3.05. The topological polar surface area (TPSA) is 35.2 Å². The molecule has 1 fully saturated rings. The summed E-state index contributed by atoms with van der Waals surface area (Å²) in [5, 5.41) is 0. The monoisotopic (exact) mass is 247 g/mol. The molecule has 1 saturated carbocycles. The lowest BCUT2D eigenvalue weighted by Gasteiger charge is -2.30. The summed E-state index contributed by atoms with van der Waals surface area (Å²) in [6.45, 7) is 3.49. The molecular weight excluding hydrogens is 222 g/mol. The molecule has 0 radical (unpaired) electrons. The Morgan fingerprint density at radius 2 is 1.94 bits per heavy atom. The second-order valence-corrected chi connectivity index (χ2v) is 5.21. The van der Waals surface area contributed by atoms with Gasteiger partial charge in [0, 0.05) is 5.92 Å². The predicted molar refractivity (Wildman–Crippen MR) is 76.0 cm³/mol. The molecule has 1 aromatic carbocycles. The van der Waals surface area contributed by atoms with Gasteiger partial charge in [0.25, 0.3) is 0 Å². The van der Waals surface area contributed by atoms with E-state index >= 15 is 0 Å². The fourth-order valence-electron chi connectivity index (χ4n) is 3.18. The quantitative estimate of drug-likeness (QED) is 0.861. The fourth-order valence-corrected chi connectivity index (χ4v) is 3.18. The second kappa shape index (κ2) is 6.79. The van der Waals surface area contributed by atoms with Crippen molar-refractivity contribution in [3.8, 4) is 5.75 Å². The average Bonchev–Trinajstić information content (AvgIpc) is 2.43. The molecule has 1 aliphatic carbocycles. The molecule has 0 amide bonds. The summed E-state index contributed by atoms with van der Waals surface area (Å²) in [6.07, 6.45) is 6.75. The zero-order valence-electron chi connectivity index (χ0n) is 11.4. The van der Waals surface area contributed by atoms with E-state index in [1.54, 1.807) is 0 Å². The van der Waals surface area contributed by atoms with E-state index in [1.165, 1.54) is 37.7 Å². The highest BCUT2D eigenvalue weighted by Gasteiger charge is 2.25. The van der Waals surface area contributed by atoms with Gasteiger partial charge in [-0.3, -0.25) is 0 Å². The smallest absolute Gasteiger partial charge is 0.122 e. The normalized spacial score (nSPS) is 18.6. The van der Waals surface area contributed by atoms with Crippen LogP contribution in [-0.4, -0.2) is 13.2 Å². The Labute approximate surface area is 111 Å². The third-order valence-corrected chi connectivity index (χ3v) is 4.09. The second-order valence-electron chi connectivity index (χ2n) is 5.21. The van der Waals surface area contributed by atoms with Crippen LogP contribution in [0.1, 0.15) is 50.5 Å². The van der Waals surface area contributed by atoms with Crippen LogP contribution >= 0.6 is 0 Å². The van der Waals surface area contributed by atoms with E-state index < -0.39 is 0 Å². The van der Waals surface area contributed by atoms with Crippen molar-refractivity contribution in [2.24, 2.45) is 11.7 Å². The van der Waals surface area contributed by atoms with E-state index in [2.05, 4.69) is 18.2 Å². The Morgan fingerprint density at radius 1 is 1.22 bits per heavy atom. The standard InChI is InChI=1S/C16H25NO/c1-2-18-16-11-7-6-10-14(16)15(12-17)13-8-4-3-5-9-13/h6-7,10-11,13,15H,2-5,8-9,12,17H2,1H3. The molecule has 1 aromatic rings. The minimum atomic E-state index is 0.466. The molecule has 1 atom stereocenters. The maximum absolute atomic E-state index is 6.05. The molecule has 0 aromatic heterocycles. The first-order valence-corrected chi connectivity index (χ1v) is 7.28. The number of ether oxygens (including phenoxy) is 1. The molecule has 2 heteroatoms. The number of rotatable bonds is 5. The van der Waals surface area contributed by atoms with Crippen LogP contribution in [0.2, 0.25) is 0 Å². The summed E-state index contributed by atoms with van der Waals surface area (Å²) < 4.78 is 5.76. The average molecular weight is 247 g/mol. The Hall–Kier alpha value is -1.02. The molecular formula is C16H25NO. The van der Waals surface area contributed by atoms with E-state index in [4.69, 9.17) is 10.5 Å². The van der Waals surface area contributed by atoms with Crippen molar-refractivity contribution in [3.05, 3.63) is 29.8 Å². The van der Waals surface area contributed by atoms with Crippen molar-refractivity contribution in [2.75, 3.05) is 13.2 Å². The van der Waals surface area contributed by atoms with E-state index in [-0.39, 0.29) is 0 Å². The maximum Gasteiger partial charge on any atom is 0.122 e. The van der Waals surface area contributed by atoms with Crippen molar-refractivity contribution < 1.29 is 4.74 Å². The van der Waals surface area contributed by atoms with Crippen LogP contribution in [0.25, 0.3) is 0 Å². The van der Waals surface area contributed by atoms with Gasteiger partial charge < -0.3 is 10.5 Å². The Kier molecular flexibility index (Phi) is 5.06. The van der Waals surface area contributed by atoms with Gasteiger partial charge in [0.2, 0.25) is 0 Å². The highest BCUT2D eigenvalue weighted by Crippen LogP contribution is 2.38. The Bertz CT molecular complexity index is 358. The van der Waals surface area contributed by atoms with Crippen molar-refractivity contribution in [2.45, 2.75) is 44.9 Å². The summed E-state index contributed by atoms with van der Waals surface area (Å²) in [7, 11) is 0. The number of hydrogen-bond acceptors (Lipinski definition) is 2. The molecule has 2 nitrogen and oxygen atoms in total. The van der Waals surface area contributed by atoms with E-state index in [0.29, 0.717) is 5.92 Å². The molecule has 0 bridgehead atoms. The van der Waals surface area contributed by atoms with Gasteiger partial charge in [-0.1, -0.05) is 37.5 Å². The van der Waals surface area contributed by atoms with Crippen LogP contribution in [0.5, 0.6) is 5.75 Å². The van der Waals surface area contributed by atoms with Crippen LogP contribution in [0.4, 0.5) is 0 Å². The lowest BCUT2D eigenvalue weighted by Crippen LogP contribution is -2.24. The van der Waals surface area contributed by atoms with E-state index in [0.717, 1.165) is 24.8 Å². The van der Waals surface area contributed by atoms with Crippen molar-refractivity contribution in [1.82, 2.24) is 0 Å². The van der Waals surface area contributed by atoms with Crippen LogP contribution in [0, 0.1) is 5.92 Å². The molecule has 1 aliphatic rings. The lowest BCUT2D eigenvalue weighted by molar-refractivity contribution is 0.291. The van der Waals surface area contributed by atoms with Gasteiger partial charge in [-0.15, -0.1) is 0 Å². The van der Waals surface area contributed by atoms with E-state index in [9.17, 15) is 0 Å². The zero-order chi connectivity index (χ0) is 12.8. The van der Waals surface area contributed by atoms with Crippen LogP contribution in [0.15, 0.2) is 24.3 Å². The van der Waals surface area contributed by atoms with Gasteiger partial charge in [0.05, 0.1) is 6.61 Å². The van der Waals surface area contributed by atoms with Crippen molar-refractivity contribution in [3.63, 3.8) is 0 Å². The molecule has 0 saturated heterocycles.